The van der Waals surface area contributed by atoms with Crippen molar-refractivity contribution in [3.63, 3.8) is 0 Å². The van der Waals surface area contributed by atoms with Gasteiger partial charge in [-0.15, -0.1) is 0 Å². The maximum atomic E-state index is 4.01. The van der Waals surface area contributed by atoms with Crippen molar-refractivity contribution in [1.82, 2.24) is 25.6 Å². The van der Waals surface area contributed by atoms with E-state index in [9.17, 15) is 0 Å². The molecule has 1 aliphatic heterocycles. The Hall–Kier alpha value is -0.940. The van der Waals surface area contributed by atoms with E-state index >= 15 is 0 Å². The highest BCUT2D eigenvalue weighted by molar-refractivity contribution is 4.90. The average Bonchev–Trinajstić information content (AvgIpc) is 2.59. The molecule has 0 radical (unpaired) electrons. The zero-order chi connectivity index (χ0) is 8.23. The summed E-state index contributed by atoms with van der Waals surface area (Å²) in [5.74, 6) is 0. The molecule has 0 aliphatic carbocycles. The van der Waals surface area contributed by atoms with E-state index in [1.807, 2.05) is 0 Å². The summed E-state index contributed by atoms with van der Waals surface area (Å²) in [7, 11) is 0. The van der Waals surface area contributed by atoms with Crippen molar-refractivity contribution in [2.24, 2.45) is 0 Å². The van der Waals surface area contributed by atoms with Crippen molar-refractivity contribution in [2.45, 2.75) is 6.54 Å². The molecule has 0 bridgehead atoms. The van der Waals surface area contributed by atoms with Crippen LogP contribution in [-0.4, -0.2) is 46.5 Å². The normalized spacial score (nSPS) is 19.7. The second kappa shape index (κ2) is 3.64. The molecule has 1 fully saturated rings. The number of nitrogens with zero attached hydrogens (tertiary/aromatic N) is 3. The molecule has 2 N–H and O–H groups in total. The quantitative estimate of drug-likeness (QED) is 0.606. The van der Waals surface area contributed by atoms with E-state index in [4.69, 9.17) is 0 Å². The summed E-state index contributed by atoms with van der Waals surface area (Å²) in [6, 6.07) is 0. The van der Waals surface area contributed by atoms with Crippen LogP contribution in [0.1, 0.15) is 5.69 Å². The Bertz CT molecular complexity index is 214. The first-order valence-electron chi connectivity index (χ1n) is 4.23. The first-order chi connectivity index (χ1) is 5.95. The molecule has 12 heavy (non-hydrogen) atoms. The average molecular weight is 167 g/mol. The summed E-state index contributed by atoms with van der Waals surface area (Å²) >= 11 is 0. The molecule has 0 spiro atoms. The maximum absolute atomic E-state index is 4.01. The van der Waals surface area contributed by atoms with Gasteiger partial charge in [0.15, 0.2) is 0 Å². The van der Waals surface area contributed by atoms with Gasteiger partial charge in [0.2, 0.25) is 0 Å². The van der Waals surface area contributed by atoms with Gasteiger partial charge in [-0.1, -0.05) is 0 Å². The highest BCUT2D eigenvalue weighted by Gasteiger charge is 2.10. The number of hydrogen-bond acceptors (Lipinski definition) is 4. The fraction of sp³-hybridized carbons (Fsp3) is 0.714. The van der Waals surface area contributed by atoms with E-state index in [0.29, 0.717) is 0 Å². The molecule has 0 aromatic carbocycles. The molecule has 0 amide bonds. The zero-order valence-electron chi connectivity index (χ0n) is 6.95. The summed E-state index contributed by atoms with van der Waals surface area (Å²) in [5.41, 5.74) is 1.02. The molecule has 5 heteroatoms. The standard InChI is InChI=1S/C7H13N5/c1-3-12(4-2-8-1)6-7-5-9-11-10-7/h5,8H,1-4,6H2,(H,9,10,11). The molecule has 5 nitrogen and oxygen atoms in total. The molecule has 0 atom stereocenters. The van der Waals surface area contributed by atoms with Crippen LogP contribution < -0.4 is 5.32 Å². The van der Waals surface area contributed by atoms with Gasteiger partial charge in [-0.05, 0) is 0 Å². The van der Waals surface area contributed by atoms with Crippen molar-refractivity contribution in [3.05, 3.63) is 11.9 Å². The Morgan fingerprint density at radius 1 is 1.42 bits per heavy atom. The molecule has 1 saturated heterocycles. The number of nitrogens with one attached hydrogen (secondary N) is 2. The van der Waals surface area contributed by atoms with Crippen LogP contribution in [0.3, 0.4) is 0 Å². The Kier molecular flexibility index (Phi) is 2.33. The number of piperazine rings is 1. The van der Waals surface area contributed by atoms with Gasteiger partial charge in [-0.25, -0.2) is 0 Å². The SMILES string of the molecule is c1n[nH]nc1CN1CCNCC1. The van der Waals surface area contributed by atoms with Crippen LogP contribution in [0.25, 0.3) is 0 Å². The predicted octanol–water partition coefficient (Wildman–Crippen LogP) is -0.790. The van der Waals surface area contributed by atoms with Gasteiger partial charge in [0.25, 0.3) is 0 Å². The minimum Gasteiger partial charge on any atom is -0.314 e. The lowest BCUT2D eigenvalue weighted by atomic mass is 10.3. The van der Waals surface area contributed by atoms with Gasteiger partial charge in [0.05, 0.1) is 11.9 Å². The summed E-state index contributed by atoms with van der Waals surface area (Å²) in [6.45, 7) is 5.29. The second-order valence-electron chi connectivity index (χ2n) is 2.99. The van der Waals surface area contributed by atoms with Crippen LogP contribution in [0, 0.1) is 0 Å². The maximum Gasteiger partial charge on any atom is 0.0964 e. The molecular weight excluding hydrogens is 154 g/mol. The molecule has 1 aromatic rings. The summed E-state index contributed by atoms with van der Waals surface area (Å²) in [5, 5.41) is 13.7. The van der Waals surface area contributed by atoms with Gasteiger partial charge in [-0.3, -0.25) is 4.90 Å². The molecule has 1 aromatic heterocycles. The molecule has 0 unspecified atom stereocenters. The Labute approximate surface area is 71.1 Å². The zero-order valence-corrected chi connectivity index (χ0v) is 6.95. The van der Waals surface area contributed by atoms with Crippen molar-refractivity contribution < 1.29 is 0 Å². The van der Waals surface area contributed by atoms with Crippen LogP contribution in [0.4, 0.5) is 0 Å². The first-order valence-corrected chi connectivity index (χ1v) is 4.23. The lowest BCUT2D eigenvalue weighted by molar-refractivity contribution is 0.230. The monoisotopic (exact) mass is 167 g/mol. The van der Waals surface area contributed by atoms with Gasteiger partial charge in [-0.2, -0.15) is 15.4 Å². The minimum atomic E-state index is 0.915. The number of rotatable bonds is 2. The lowest BCUT2D eigenvalue weighted by Crippen LogP contribution is -2.42. The molecule has 0 saturated carbocycles. The molecular formula is C7H13N5. The Balaban J connectivity index is 1.86. The van der Waals surface area contributed by atoms with Gasteiger partial charge >= 0.3 is 0 Å². The van der Waals surface area contributed by atoms with Crippen molar-refractivity contribution in [3.8, 4) is 0 Å². The van der Waals surface area contributed by atoms with Crippen LogP contribution in [-0.2, 0) is 6.54 Å². The summed E-state index contributed by atoms with van der Waals surface area (Å²) < 4.78 is 0. The Morgan fingerprint density at radius 2 is 2.25 bits per heavy atom. The van der Waals surface area contributed by atoms with Crippen LogP contribution in [0.2, 0.25) is 0 Å². The number of H-pyrrole nitrogens is 1. The smallest absolute Gasteiger partial charge is 0.0964 e. The van der Waals surface area contributed by atoms with E-state index in [1.54, 1.807) is 6.20 Å². The molecule has 1 aliphatic rings. The van der Waals surface area contributed by atoms with E-state index in [0.717, 1.165) is 38.4 Å². The minimum absolute atomic E-state index is 0.915. The van der Waals surface area contributed by atoms with E-state index in [2.05, 4.69) is 25.6 Å². The third-order valence-corrected chi connectivity index (χ3v) is 2.06. The fourth-order valence-electron chi connectivity index (χ4n) is 1.40. The molecule has 2 heterocycles. The first kappa shape index (κ1) is 7.70. The van der Waals surface area contributed by atoms with Crippen molar-refractivity contribution >= 4 is 0 Å². The van der Waals surface area contributed by atoms with Crippen molar-refractivity contribution in [1.29, 1.82) is 0 Å². The highest BCUT2D eigenvalue weighted by atomic mass is 15.3. The van der Waals surface area contributed by atoms with Crippen LogP contribution >= 0.6 is 0 Å². The van der Waals surface area contributed by atoms with Crippen molar-refractivity contribution in [2.75, 3.05) is 26.2 Å². The van der Waals surface area contributed by atoms with Gasteiger partial charge < -0.3 is 5.32 Å². The topological polar surface area (TPSA) is 56.8 Å². The van der Waals surface area contributed by atoms with E-state index < -0.39 is 0 Å². The predicted molar refractivity (Wildman–Crippen MR) is 44.5 cm³/mol. The van der Waals surface area contributed by atoms with Crippen LogP contribution in [0.15, 0.2) is 6.20 Å². The second-order valence-corrected chi connectivity index (χ2v) is 2.99. The third-order valence-electron chi connectivity index (χ3n) is 2.06. The summed E-state index contributed by atoms with van der Waals surface area (Å²) in [6.07, 6.45) is 1.78. The molecule has 2 rings (SSSR count). The highest BCUT2D eigenvalue weighted by Crippen LogP contribution is 1.99. The summed E-state index contributed by atoms with van der Waals surface area (Å²) in [4.78, 5) is 2.37. The largest absolute Gasteiger partial charge is 0.314 e. The van der Waals surface area contributed by atoms with E-state index in [1.165, 1.54) is 0 Å². The van der Waals surface area contributed by atoms with Gasteiger partial charge in [0, 0.05) is 32.7 Å². The number of hydrogen-bond donors (Lipinski definition) is 2. The fourth-order valence-corrected chi connectivity index (χ4v) is 1.40. The molecule has 66 valence electrons. The number of aromatic nitrogens is 3. The van der Waals surface area contributed by atoms with Crippen LogP contribution in [0.5, 0.6) is 0 Å². The number of aromatic amines is 1. The lowest BCUT2D eigenvalue weighted by Gasteiger charge is -2.25. The Morgan fingerprint density at radius 3 is 2.92 bits per heavy atom. The third kappa shape index (κ3) is 1.80. The van der Waals surface area contributed by atoms with E-state index in [-0.39, 0.29) is 0 Å². The van der Waals surface area contributed by atoms with Gasteiger partial charge in [0.1, 0.15) is 0 Å².